The van der Waals surface area contributed by atoms with Crippen LogP contribution in [0.2, 0.25) is 0 Å². The second-order valence-electron chi connectivity index (χ2n) is 10.6. The van der Waals surface area contributed by atoms with Crippen LogP contribution < -0.4 is 9.80 Å². The Morgan fingerprint density at radius 2 is 0.889 bits per heavy atom. The molecule has 0 unspecified atom stereocenters. The van der Waals surface area contributed by atoms with Gasteiger partial charge in [-0.3, -0.25) is 9.69 Å². The molecule has 5 rings (SSSR count). The van der Waals surface area contributed by atoms with Gasteiger partial charge in [0, 0.05) is 88.0 Å². The highest BCUT2D eigenvalue weighted by Gasteiger charge is 2.24. The van der Waals surface area contributed by atoms with Crippen molar-refractivity contribution < 1.29 is 4.79 Å². The van der Waals surface area contributed by atoms with E-state index in [-0.39, 0.29) is 5.78 Å². The van der Waals surface area contributed by atoms with E-state index in [0.717, 1.165) is 74.6 Å². The van der Waals surface area contributed by atoms with Crippen LogP contribution in [0.15, 0.2) is 59.7 Å². The van der Waals surface area contributed by atoms with Crippen molar-refractivity contribution in [2.45, 2.75) is 0 Å². The SMILES string of the molecule is CN1CCN(c2ccc(/C=C3\CN(C)C/C(=C\c4ccc(N5CCN(C)CC5)cc4)C3=O)cc2)CC1. The van der Waals surface area contributed by atoms with Crippen molar-refractivity contribution in [3.63, 3.8) is 0 Å². The summed E-state index contributed by atoms with van der Waals surface area (Å²) in [5, 5.41) is 0. The first-order valence-electron chi connectivity index (χ1n) is 13.2. The van der Waals surface area contributed by atoms with Gasteiger partial charge in [0.2, 0.25) is 0 Å². The normalized spacial score (nSPS) is 23.1. The molecule has 3 aliphatic heterocycles. The summed E-state index contributed by atoms with van der Waals surface area (Å²) in [5.74, 6) is 0.166. The average Bonchev–Trinajstić information content (AvgIpc) is 2.89. The molecule has 36 heavy (non-hydrogen) atoms. The zero-order valence-corrected chi connectivity index (χ0v) is 22.0. The number of rotatable bonds is 4. The zero-order valence-electron chi connectivity index (χ0n) is 22.0. The number of anilines is 2. The number of likely N-dealkylation sites (N-methyl/N-ethyl adjacent to an activating group) is 3. The predicted molar refractivity (Wildman–Crippen MR) is 151 cm³/mol. The van der Waals surface area contributed by atoms with Crippen molar-refractivity contribution in [1.82, 2.24) is 14.7 Å². The van der Waals surface area contributed by atoms with E-state index in [9.17, 15) is 4.79 Å². The highest BCUT2D eigenvalue weighted by atomic mass is 16.1. The van der Waals surface area contributed by atoms with Crippen LogP contribution in [0.4, 0.5) is 11.4 Å². The maximum absolute atomic E-state index is 13.4. The number of piperazine rings is 2. The van der Waals surface area contributed by atoms with Gasteiger partial charge >= 0.3 is 0 Å². The highest BCUT2D eigenvalue weighted by Crippen LogP contribution is 2.24. The lowest BCUT2D eigenvalue weighted by Gasteiger charge is -2.34. The number of likely N-dealkylation sites (tertiary alicyclic amines) is 1. The second-order valence-corrected chi connectivity index (χ2v) is 10.6. The molecule has 2 aromatic rings. The molecule has 0 saturated carbocycles. The molecule has 0 atom stereocenters. The highest BCUT2D eigenvalue weighted by molar-refractivity contribution is 6.14. The third kappa shape index (κ3) is 5.89. The lowest BCUT2D eigenvalue weighted by Crippen LogP contribution is -2.44. The second kappa shape index (κ2) is 11.0. The lowest BCUT2D eigenvalue weighted by atomic mass is 9.94. The number of benzene rings is 2. The van der Waals surface area contributed by atoms with Crippen molar-refractivity contribution in [2.75, 3.05) is 96.4 Å². The Labute approximate surface area is 216 Å². The Bertz CT molecular complexity index is 1020. The molecular weight excluding hydrogens is 446 g/mol. The molecule has 0 aromatic heterocycles. The van der Waals surface area contributed by atoms with Gasteiger partial charge in [-0.2, -0.15) is 0 Å². The van der Waals surface area contributed by atoms with Crippen LogP contribution in [0, 0.1) is 0 Å². The molecule has 3 saturated heterocycles. The molecule has 6 nitrogen and oxygen atoms in total. The summed E-state index contributed by atoms with van der Waals surface area (Å²) in [6.07, 6.45) is 4.13. The van der Waals surface area contributed by atoms with E-state index in [0.29, 0.717) is 13.1 Å². The van der Waals surface area contributed by atoms with Crippen molar-refractivity contribution in [3.05, 3.63) is 70.8 Å². The fourth-order valence-electron chi connectivity index (χ4n) is 5.30. The Balaban J connectivity index is 1.28. The van der Waals surface area contributed by atoms with Crippen molar-refractivity contribution in [1.29, 1.82) is 0 Å². The van der Waals surface area contributed by atoms with Crippen LogP contribution in [0.3, 0.4) is 0 Å². The van der Waals surface area contributed by atoms with E-state index in [2.05, 4.69) is 106 Å². The van der Waals surface area contributed by atoms with Crippen LogP contribution in [0.1, 0.15) is 11.1 Å². The maximum atomic E-state index is 13.4. The Morgan fingerprint density at radius 1 is 0.528 bits per heavy atom. The molecule has 190 valence electrons. The van der Waals surface area contributed by atoms with Gasteiger partial charge in [-0.25, -0.2) is 0 Å². The molecule has 0 N–H and O–H groups in total. The zero-order chi connectivity index (χ0) is 25.1. The number of piperidine rings is 1. The van der Waals surface area contributed by atoms with Crippen LogP contribution in [0.5, 0.6) is 0 Å². The fraction of sp³-hybridized carbons (Fsp3) is 0.433. The first-order valence-corrected chi connectivity index (χ1v) is 13.2. The number of carbonyl (C=O) groups is 1. The summed E-state index contributed by atoms with van der Waals surface area (Å²) in [6, 6.07) is 17.3. The van der Waals surface area contributed by atoms with Gasteiger partial charge in [0.25, 0.3) is 0 Å². The van der Waals surface area contributed by atoms with Gasteiger partial charge in [-0.15, -0.1) is 0 Å². The summed E-state index contributed by atoms with van der Waals surface area (Å²) in [5.41, 5.74) is 6.41. The van der Waals surface area contributed by atoms with E-state index in [1.54, 1.807) is 0 Å². The van der Waals surface area contributed by atoms with E-state index < -0.39 is 0 Å². The monoisotopic (exact) mass is 485 g/mol. The summed E-state index contributed by atoms with van der Waals surface area (Å²) in [6.45, 7) is 9.99. The van der Waals surface area contributed by atoms with Crippen LogP contribution in [0.25, 0.3) is 12.2 Å². The quantitative estimate of drug-likeness (QED) is 0.619. The molecule has 0 amide bonds. The van der Waals surface area contributed by atoms with Gasteiger partial charge in [0.1, 0.15) is 0 Å². The summed E-state index contributed by atoms with van der Waals surface area (Å²) < 4.78 is 0. The maximum Gasteiger partial charge on any atom is 0.187 e. The van der Waals surface area contributed by atoms with Crippen molar-refractivity contribution in [3.8, 4) is 0 Å². The number of nitrogens with zero attached hydrogens (tertiary/aromatic N) is 5. The van der Waals surface area contributed by atoms with E-state index in [4.69, 9.17) is 0 Å². The van der Waals surface area contributed by atoms with E-state index in [1.165, 1.54) is 11.4 Å². The van der Waals surface area contributed by atoms with Gasteiger partial charge in [0.05, 0.1) is 0 Å². The standard InChI is InChI=1S/C30H39N5O/c1-31-12-16-34(17-13-31)28-8-4-24(5-9-28)20-26-22-33(3)23-27(30(26)36)21-25-6-10-29(11-7-25)35-18-14-32(2)15-19-35/h4-11,20-21H,12-19,22-23H2,1-3H3/b26-20+,27-21+. The molecular formula is C30H39N5O. The molecule has 0 spiro atoms. The Kier molecular flexibility index (Phi) is 7.56. The molecule has 0 radical (unpaired) electrons. The van der Waals surface area contributed by atoms with Crippen LogP contribution in [-0.2, 0) is 4.79 Å². The minimum atomic E-state index is 0.166. The first kappa shape index (κ1) is 24.8. The molecule has 3 heterocycles. The minimum Gasteiger partial charge on any atom is -0.369 e. The number of hydrogen-bond donors (Lipinski definition) is 0. The largest absolute Gasteiger partial charge is 0.369 e. The molecule has 6 heteroatoms. The predicted octanol–water partition coefficient (Wildman–Crippen LogP) is 3.17. The number of ketones is 1. The average molecular weight is 486 g/mol. The Hall–Kier alpha value is -2.93. The van der Waals surface area contributed by atoms with Gasteiger partial charge in [-0.1, -0.05) is 24.3 Å². The third-order valence-corrected chi connectivity index (χ3v) is 7.67. The van der Waals surface area contributed by atoms with Crippen LogP contribution in [-0.4, -0.2) is 107 Å². The van der Waals surface area contributed by atoms with E-state index in [1.807, 2.05) is 0 Å². The minimum absolute atomic E-state index is 0.166. The Morgan fingerprint density at radius 3 is 1.25 bits per heavy atom. The van der Waals surface area contributed by atoms with Gasteiger partial charge in [-0.05, 0) is 68.7 Å². The molecule has 3 aliphatic rings. The van der Waals surface area contributed by atoms with Crippen molar-refractivity contribution in [2.24, 2.45) is 0 Å². The van der Waals surface area contributed by atoms with Crippen molar-refractivity contribution >= 4 is 29.3 Å². The summed E-state index contributed by atoms with van der Waals surface area (Å²) in [7, 11) is 6.44. The summed E-state index contributed by atoms with van der Waals surface area (Å²) in [4.78, 5) is 25.2. The number of hydrogen-bond acceptors (Lipinski definition) is 6. The van der Waals surface area contributed by atoms with Gasteiger partial charge in [0.15, 0.2) is 5.78 Å². The van der Waals surface area contributed by atoms with E-state index >= 15 is 0 Å². The molecule has 0 bridgehead atoms. The fourth-order valence-corrected chi connectivity index (χ4v) is 5.30. The topological polar surface area (TPSA) is 33.3 Å². The summed E-state index contributed by atoms with van der Waals surface area (Å²) >= 11 is 0. The number of Topliss-reactive ketones (excluding diaryl/α,β-unsaturated/α-hetero) is 1. The lowest BCUT2D eigenvalue weighted by molar-refractivity contribution is -0.113. The van der Waals surface area contributed by atoms with Gasteiger partial charge < -0.3 is 19.6 Å². The third-order valence-electron chi connectivity index (χ3n) is 7.67. The van der Waals surface area contributed by atoms with Crippen LogP contribution >= 0.6 is 0 Å². The molecule has 2 aromatic carbocycles. The number of carbonyl (C=O) groups excluding carboxylic acids is 1. The molecule has 3 fully saturated rings. The smallest absolute Gasteiger partial charge is 0.187 e. The molecule has 0 aliphatic carbocycles. The first-order chi connectivity index (χ1) is 17.4.